The fourth-order valence-corrected chi connectivity index (χ4v) is 2.61. The van der Waals surface area contributed by atoms with Crippen molar-refractivity contribution in [3.05, 3.63) is 71.6 Å². The number of benzene rings is 1. The third-order valence-corrected chi connectivity index (χ3v) is 4.01. The molecule has 0 saturated heterocycles. The molecule has 0 aliphatic carbocycles. The Balaban J connectivity index is 1.59. The van der Waals surface area contributed by atoms with E-state index in [0.29, 0.717) is 17.8 Å². The number of hydrogen-bond donors (Lipinski definition) is 2. The highest BCUT2D eigenvalue weighted by Crippen LogP contribution is 2.16. The number of carboxylic acids is 1. The Bertz CT molecular complexity index is 893. The first-order chi connectivity index (χ1) is 12.5. The van der Waals surface area contributed by atoms with Crippen LogP contribution < -0.4 is 0 Å². The van der Waals surface area contributed by atoms with Gasteiger partial charge in [0.05, 0.1) is 23.1 Å². The van der Waals surface area contributed by atoms with Gasteiger partial charge in [-0.15, -0.1) is 0 Å². The second-order valence-electron chi connectivity index (χ2n) is 6.09. The lowest BCUT2D eigenvalue weighted by Crippen LogP contribution is -2.21. The van der Waals surface area contributed by atoms with Crippen LogP contribution in [-0.2, 0) is 13.0 Å². The molecule has 0 fully saturated rings. The largest absolute Gasteiger partial charge is 0.478 e. The molecule has 0 radical (unpaired) electrons. The molecule has 0 aliphatic heterocycles. The number of halogens is 1. The molecule has 2 aromatic heterocycles. The summed E-state index contributed by atoms with van der Waals surface area (Å²) >= 11 is 0. The van der Waals surface area contributed by atoms with Gasteiger partial charge in [0.1, 0.15) is 11.6 Å². The summed E-state index contributed by atoms with van der Waals surface area (Å²) in [5.74, 6) is -0.426. The fraction of sp³-hybridized carbons (Fsp3) is 0.211. The lowest BCUT2D eigenvalue weighted by atomic mass is 10.2. The Kier molecular flexibility index (Phi) is 5.38. The van der Waals surface area contributed by atoms with Gasteiger partial charge in [0.2, 0.25) is 0 Å². The second kappa shape index (κ2) is 7.88. The quantitative estimate of drug-likeness (QED) is 0.682. The number of carboxylic acid groups (broad SMARTS) is 1. The van der Waals surface area contributed by atoms with Crippen LogP contribution in [0.25, 0.3) is 11.4 Å². The number of H-pyrrole nitrogens is 1. The molecule has 7 heteroatoms. The van der Waals surface area contributed by atoms with Crippen LogP contribution in [0, 0.1) is 5.82 Å². The predicted octanol–water partition coefficient (Wildman–Crippen LogP) is 2.98. The van der Waals surface area contributed by atoms with Crippen LogP contribution in [0.4, 0.5) is 4.39 Å². The number of rotatable bonds is 7. The molecular weight excluding hydrogens is 335 g/mol. The molecule has 6 nitrogen and oxygen atoms in total. The maximum Gasteiger partial charge on any atom is 0.335 e. The van der Waals surface area contributed by atoms with Gasteiger partial charge in [-0.05, 0) is 36.9 Å². The molecule has 0 unspecified atom stereocenters. The van der Waals surface area contributed by atoms with E-state index in [2.05, 4.69) is 19.9 Å². The number of pyridine rings is 1. The van der Waals surface area contributed by atoms with Gasteiger partial charge in [0.25, 0.3) is 0 Å². The molecule has 134 valence electrons. The van der Waals surface area contributed by atoms with Gasteiger partial charge < -0.3 is 15.0 Å². The summed E-state index contributed by atoms with van der Waals surface area (Å²) in [7, 11) is 1.99. The van der Waals surface area contributed by atoms with E-state index in [4.69, 9.17) is 5.11 Å². The molecule has 3 rings (SSSR count). The number of aromatic carboxylic acids is 1. The molecule has 0 spiro atoms. The van der Waals surface area contributed by atoms with Gasteiger partial charge in [-0.1, -0.05) is 12.1 Å². The Hall–Kier alpha value is -3.06. The Morgan fingerprint density at radius 3 is 2.73 bits per heavy atom. The minimum absolute atomic E-state index is 0.185. The molecule has 2 N–H and O–H groups in total. The molecule has 0 atom stereocenters. The minimum atomic E-state index is -0.990. The van der Waals surface area contributed by atoms with Gasteiger partial charge in [-0.2, -0.15) is 0 Å². The van der Waals surface area contributed by atoms with Gasteiger partial charge in [-0.3, -0.25) is 4.98 Å². The standard InChI is InChI=1S/C19H19FN4O2/c1-24(12-13-2-4-15(20)5-3-13)9-7-18-22-11-17(23-18)16-10-14(19(25)26)6-8-21-16/h2-6,8,10-11H,7,9,12H2,1H3,(H,22,23)(H,25,26). The molecule has 0 saturated carbocycles. The predicted molar refractivity (Wildman–Crippen MR) is 95.2 cm³/mol. The monoisotopic (exact) mass is 354 g/mol. The van der Waals surface area contributed by atoms with Crippen molar-refractivity contribution in [3.63, 3.8) is 0 Å². The van der Waals surface area contributed by atoms with Crippen molar-refractivity contribution >= 4 is 5.97 Å². The normalized spacial score (nSPS) is 11.0. The Labute approximate surface area is 150 Å². The zero-order valence-electron chi connectivity index (χ0n) is 14.3. The van der Waals surface area contributed by atoms with Gasteiger partial charge in [0.15, 0.2) is 0 Å². The van der Waals surface area contributed by atoms with Gasteiger partial charge >= 0.3 is 5.97 Å². The first-order valence-electron chi connectivity index (χ1n) is 8.18. The minimum Gasteiger partial charge on any atom is -0.478 e. The first kappa shape index (κ1) is 17.8. The topological polar surface area (TPSA) is 82.1 Å². The molecule has 0 bridgehead atoms. The lowest BCUT2D eigenvalue weighted by molar-refractivity contribution is 0.0697. The SMILES string of the molecule is CN(CCc1ncc(-c2cc(C(=O)O)ccn2)[nH]1)Cc1ccc(F)cc1. The molecule has 0 amide bonds. The Morgan fingerprint density at radius 2 is 2.00 bits per heavy atom. The van der Waals surface area contributed by atoms with Crippen molar-refractivity contribution in [1.29, 1.82) is 0 Å². The van der Waals surface area contributed by atoms with E-state index in [1.807, 2.05) is 7.05 Å². The summed E-state index contributed by atoms with van der Waals surface area (Å²) in [6, 6.07) is 9.43. The van der Waals surface area contributed by atoms with E-state index in [1.54, 1.807) is 18.3 Å². The van der Waals surface area contributed by atoms with Crippen LogP contribution >= 0.6 is 0 Å². The summed E-state index contributed by atoms with van der Waals surface area (Å²) in [4.78, 5) is 24.9. The van der Waals surface area contributed by atoms with Crippen LogP contribution in [0.5, 0.6) is 0 Å². The van der Waals surface area contributed by atoms with Crippen molar-refractivity contribution in [1.82, 2.24) is 19.9 Å². The number of nitrogens with zero attached hydrogens (tertiary/aromatic N) is 3. The summed E-state index contributed by atoms with van der Waals surface area (Å²) in [6.07, 6.45) is 3.83. The van der Waals surface area contributed by atoms with E-state index in [0.717, 1.165) is 24.5 Å². The molecule has 1 aromatic carbocycles. The van der Waals surface area contributed by atoms with Crippen molar-refractivity contribution < 1.29 is 14.3 Å². The number of nitrogens with one attached hydrogen (secondary N) is 1. The van der Waals surface area contributed by atoms with E-state index in [-0.39, 0.29) is 11.4 Å². The molecule has 3 aromatic rings. The zero-order valence-corrected chi connectivity index (χ0v) is 14.3. The first-order valence-corrected chi connectivity index (χ1v) is 8.18. The van der Waals surface area contributed by atoms with Crippen molar-refractivity contribution in [2.24, 2.45) is 0 Å². The lowest BCUT2D eigenvalue weighted by Gasteiger charge is -2.15. The molecular formula is C19H19FN4O2. The van der Waals surface area contributed by atoms with E-state index in [9.17, 15) is 9.18 Å². The van der Waals surface area contributed by atoms with E-state index >= 15 is 0 Å². The summed E-state index contributed by atoms with van der Waals surface area (Å²) in [5, 5.41) is 9.06. The highest BCUT2D eigenvalue weighted by molar-refractivity contribution is 5.88. The Morgan fingerprint density at radius 1 is 1.23 bits per heavy atom. The summed E-state index contributed by atoms with van der Waals surface area (Å²) in [5.41, 5.74) is 2.46. The average Bonchev–Trinajstić information content (AvgIpc) is 3.11. The highest BCUT2D eigenvalue weighted by Gasteiger charge is 2.09. The van der Waals surface area contributed by atoms with Crippen molar-refractivity contribution in [3.8, 4) is 11.4 Å². The maximum absolute atomic E-state index is 12.9. The number of aromatic nitrogens is 3. The van der Waals surface area contributed by atoms with Crippen LogP contribution in [0.1, 0.15) is 21.7 Å². The van der Waals surface area contributed by atoms with E-state index in [1.165, 1.54) is 30.5 Å². The fourth-order valence-electron chi connectivity index (χ4n) is 2.61. The molecule has 0 aliphatic rings. The third kappa shape index (κ3) is 4.52. The second-order valence-corrected chi connectivity index (χ2v) is 6.09. The van der Waals surface area contributed by atoms with E-state index < -0.39 is 5.97 Å². The zero-order chi connectivity index (χ0) is 18.5. The van der Waals surface area contributed by atoms with Crippen LogP contribution in [0.2, 0.25) is 0 Å². The van der Waals surface area contributed by atoms with Crippen molar-refractivity contribution in [2.75, 3.05) is 13.6 Å². The number of carbonyl (C=O) groups is 1. The number of imidazole rings is 1. The van der Waals surface area contributed by atoms with Gasteiger partial charge in [0, 0.05) is 25.7 Å². The van der Waals surface area contributed by atoms with Crippen LogP contribution in [-0.4, -0.2) is 44.5 Å². The van der Waals surface area contributed by atoms with Gasteiger partial charge in [-0.25, -0.2) is 14.2 Å². The third-order valence-electron chi connectivity index (χ3n) is 4.01. The summed E-state index contributed by atoms with van der Waals surface area (Å²) < 4.78 is 12.9. The molecule has 26 heavy (non-hydrogen) atoms. The number of aromatic amines is 1. The smallest absolute Gasteiger partial charge is 0.335 e. The van der Waals surface area contributed by atoms with Crippen molar-refractivity contribution in [2.45, 2.75) is 13.0 Å². The number of likely N-dealkylation sites (N-methyl/N-ethyl adjacent to an activating group) is 1. The molecule has 2 heterocycles. The maximum atomic E-state index is 12.9. The van der Waals surface area contributed by atoms with Crippen LogP contribution in [0.3, 0.4) is 0 Å². The van der Waals surface area contributed by atoms with Crippen LogP contribution in [0.15, 0.2) is 48.8 Å². The number of hydrogen-bond acceptors (Lipinski definition) is 4. The highest BCUT2D eigenvalue weighted by atomic mass is 19.1. The summed E-state index contributed by atoms with van der Waals surface area (Å²) in [6.45, 7) is 1.49. The average molecular weight is 354 g/mol.